The Kier molecular flexibility index (Phi) is 9.78. The second-order valence-corrected chi connectivity index (χ2v) is 5.28. The van der Waals surface area contributed by atoms with Gasteiger partial charge in [0.15, 0.2) is 0 Å². The molecule has 0 saturated heterocycles. The van der Waals surface area contributed by atoms with Crippen molar-refractivity contribution in [1.29, 1.82) is 0 Å². The SMILES string of the molecule is CCCNCCCCCCOCc1cccc(Cl)c1. The van der Waals surface area contributed by atoms with E-state index >= 15 is 0 Å². The van der Waals surface area contributed by atoms with Crippen LogP contribution in [0.4, 0.5) is 0 Å². The number of nitrogens with one attached hydrogen (secondary N) is 1. The van der Waals surface area contributed by atoms with Gasteiger partial charge in [0.05, 0.1) is 6.61 Å². The summed E-state index contributed by atoms with van der Waals surface area (Å²) in [7, 11) is 0. The molecule has 0 heterocycles. The number of rotatable bonds is 11. The molecule has 0 aliphatic carbocycles. The first-order chi connectivity index (χ1) is 9.33. The van der Waals surface area contributed by atoms with Crippen LogP contribution in [0, 0.1) is 0 Å². The highest BCUT2D eigenvalue weighted by Crippen LogP contribution is 2.11. The first kappa shape index (κ1) is 16.5. The Morgan fingerprint density at radius 2 is 1.95 bits per heavy atom. The van der Waals surface area contributed by atoms with Crippen molar-refractivity contribution in [3.63, 3.8) is 0 Å². The summed E-state index contributed by atoms with van der Waals surface area (Å²) in [5.74, 6) is 0. The summed E-state index contributed by atoms with van der Waals surface area (Å²) in [4.78, 5) is 0. The maximum atomic E-state index is 5.92. The molecule has 1 N–H and O–H groups in total. The van der Waals surface area contributed by atoms with Crippen LogP contribution in [0.1, 0.15) is 44.6 Å². The summed E-state index contributed by atoms with van der Waals surface area (Å²) >= 11 is 5.92. The van der Waals surface area contributed by atoms with E-state index in [1.807, 2.05) is 24.3 Å². The van der Waals surface area contributed by atoms with E-state index in [0.717, 1.165) is 36.7 Å². The molecule has 0 atom stereocenters. The van der Waals surface area contributed by atoms with E-state index in [-0.39, 0.29) is 0 Å². The van der Waals surface area contributed by atoms with Gasteiger partial charge < -0.3 is 10.1 Å². The standard InChI is InChI=1S/C16H26ClNO/c1-2-10-18-11-5-3-4-6-12-19-14-15-8-7-9-16(17)13-15/h7-9,13,18H,2-6,10-12,14H2,1H3. The lowest BCUT2D eigenvalue weighted by Gasteiger charge is -2.05. The van der Waals surface area contributed by atoms with Crippen LogP contribution in [-0.2, 0) is 11.3 Å². The molecule has 0 fully saturated rings. The van der Waals surface area contributed by atoms with Crippen LogP contribution < -0.4 is 5.32 Å². The van der Waals surface area contributed by atoms with Crippen LogP contribution in [-0.4, -0.2) is 19.7 Å². The number of benzene rings is 1. The molecule has 0 aliphatic heterocycles. The lowest BCUT2D eigenvalue weighted by atomic mass is 10.2. The molecule has 2 nitrogen and oxygen atoms in total. The minimum atomic E-state index is 0.665. The Morgan fingerprint density at radius 3 is 2.74 bits per heavy atom. The average Bonchev–Trinajstić information content (AvgIpc) is 2.41. The molecular formula is C16H26ClNO. The lowest BCUT2D eigenvalue weighted by Crippen LogP contribution is -2.15. The molecule has 0 radical (unpaired) electrons. The van der Waals surface area contributed by atoms with E-state index in [1.54, 1.807) is 0 Å². The van der Waals surface area contributed by atoms with E-state index in [9.17, 15) is 0 Å². The van der Waals surface area contributed by atoms with Crippen LogP contribution in [0.25, 0.3) is 0 Å². The van der Waals surface area contributed by atoms with E-state index < -0.39 is 0 Å². The molecule has 19 heavy (non-hydrogen) atoms. The second kappa shape index (κ2) is 11.3. The fourth-order valence-electron chi connectivity index (χ4n) is 1.93. The fraction of sp³-hybridized carbons (Fsp3) is 0.625. The number of hydrogen-bond acceptors (Lipinski definition) is 2. The quantitative estimate of drug-likeness (QED) is 0.607. The van der Waals surface area contributed by atoms with Gasteiger partial charge in [0.1, 0.15) is 0 Å². The third-order valence-corrected chi connectivity index (χ3v) is 3.21. The molecule has 0 aliphatic rings. The van der Waals surface area contributed by atoms with Crippen molar-refractivity contribution in [2.45, 2.75) is 45.6 Å². The van der Waals surface area contributed by atoms with Crippen molar-refractivity contribution in [1.82, 2.24) is 5.32 Å². The van der Waals surface area contributed by atoms with Gasteiger partial charge in [-0.05, 0) is 50.0 Å². The summed E-state index contributed by atoms with van der Waals surface area (Å²) in [5.41, 5.74) is 1.15. The molecule has 0 unspecified atom stereocenters. The van der Waals surface area contributed by atoms with E-state index in [1.165, 1.54) is 25.7 Å². The van der Waals surface area contributed by atoms with Gasteiger partial charge in [0.25, 0.3) is 0 Å². The molecule has 0 amide bonds. The Morgan fingerprint density at radius 1 is 1.11 bits per heavy atom. The number of ether oxygens (including phenoxy) is 1. The van der Waals surface area contributed by atoms with Gasteiger partial charge in [-0.15, -0.1) is 0 Å². The molecule has 1 rings (SSSR count). The maximum absolute atomic E-state index is 5.92. The number of hydrogen-bond donors (Lipinski definition) is 1. The molecular weight excluding hydrogens is 258 g/mol. The van der Waals surface area contributed by atoms with E-state index in [4.69, 9.17) is 16.3 Å². The Bertz CT molecular complexity index is 330. The predicted molar refractivity (Wildman–Crippen MR) is 82.7 cm³/mol. The molecule has 0 saturated carbocycles. The van der Waals surface area contributed by atoms with Crippen LogP contribution in [0.3, 0.4) is 0 Å². The van der Waals surface area contributed by atoms with Crippen molar-refractivity contribution in [2.75, 3.05) is 19.7 Å². The fourth-order valence-corrected chi connectivity index (χ4v) is 2.14. The smallest absolute Gasteiger partial charge is 0.0717 e. The Labute approximate surface area is 122 Å². The Hall–Kier alpha value is -0.570. The number of unbranched alkanes of at least 4 members (excludes halogenated alkanes) is 3. The van der Waals surface area contributed by atoms with Crippen molar-refractivity contribution < 1.29 is 4.74 Å². The highest BCUT2D eigenvalue weighted by molar-refractivity contribution is 6.30. The average molecular weight is 284 g/mol. The highest BCUT2D eigenvalue weighted by Gasteiger charge is 1.95. The van der Waals surface area contributed by atoms with Crippen molar-refractivity contribution in [2.24, 2.45) is 0 Å². The first-order valence-electron chi connectivity index (χ1n) is 7.36. The van der Waals surface area contributed by atoms with Crippen LogP contribution in [0.5, 0.6) is 0 Å². The molecule has 0 bridgehead atoms. The van der Waals surface area contributed by atoms with Crippen molar-refractivity contribution >= 4 is 11.6 Å². The molecule has 0 aromatic heterocycles. The van der Waals surface area contributed by atoms with Gasteiger partial charge in [-0.3, -0.25) is 0 Å². The normalized spacial score (nSPS) is 10.8. The molecule has 0 spiro atoms. The predicted octanol–water partition coefficient (Wildman–Crippen LogP) is 4.42. The molecule has 1 aromatic carbocycles. The molecule has 3 heteroatoms. The van der Waals surface area contributed by atoms with E-state index in [0.29, 0.717) is 6.61 Å². The third-order valence-electron chi connectivity index (χ3n) is 2.98. The highest BCUT2D eigenvalue weighted by atomic mass is 35.5. The Balaban J connectivity index is 1.89. The van der Waals surface area contributed by atoms with Crippen LogP contribution >= 0.6 is 11.6 Å². The molecule has 1 aromatic rings. The van der Waals surface area contributed by atoms with Gasteiger partial charge in [-0.25, -0.2) is 0 Å². The van der Waals surface area contributed by atoms with Gasteiger partial charge in [-0.1, -0.05) is 43.5 Å². The van der Waals surface area contributed by atoms with Crippen molar-refractivity contribution in [3.05, 3.63) is 34.9 Å². The van der Waals surface area contributed by atoms with Gasteiger partial charge >= 0.3 is 0 Å². The topological polar surface area (TPSA) is 21.3 Å². The third kappa shape index (κ3) is 9.04. The van der Waals surface area contributed by atoms with Crippen molar-refractivity contribution in [3.8, 4) is 0 Å². The second-order valence-electron chi connectivity index (χ2n) is 4.85. The van der Waals surface area contributed by atoms with Crippen LogP contribution in [0.15, 0.2) is 24.3 Å². The van der Waals surface area contributed by atoms with Gasteiger partial charge in [0.2, 0.25) is 0 Å². The summed E-state index contributed by atoms with van der Waals surface area (Å²) in [5, 5.41) is 4.20. The zero-order chi connectivity index (χ0) is 13.8. The summed E-state index contributed by atoms with van der Waals surface area (Å²) < 4.78 is 5.65. The minimum absolute atomic E-state index is 0.665. The maximum Gasteiger partial charge on any atom is 0.0717 e. The van der Waals surface area contributed by atoms with Gasteiger partial charge in [-0.2, -0.15) is 0 Å². The summed E-state index contributed by atoms with van der Waals surface area (Å²) in [6, 6.07) is 7.86. The minimum Gasteiger partial charge on any atom is -0.377 e. The lowest BCUT2D eigenvalue weighted by molar-refractivity contribution is 0.116. The monoisotopic (exact) mass is 283 g/mol. The summed E-state index contributed by atoms with van der Waals surface area (Å²) in [6.45, 7) is 6.00. The van der Waals surface area contributed by atoms with E-state index in [2.05, 4.69) is 12.2 Å². The zero-order valence-electron chi connectivity index (χ0n) is 12.0. The first-order valence-corrected chi connectivity index (χ1v) is 7.73. The summed E-state index contributed by atoms with van der Waals surface area (Å²) in [6.07, 6.45) is 6.18. The zero-order valence-corrected chi connectivity index (χ0v) is 12.7. The van der Waals surface area contributed by atoms with Gasteiger partial charge in [0, 0.05) is 11.6 Å². The molecule has 108 valence electrons. The number of halogens is 1. The largest absolute Gasteiger partial charge is 0.377 e. The van der Waals surface area contributed by atoms with Crippen LogP contribution in [0.2, 0.25) is 5.02 Å².